The van der Waals surface area contributed by atoms with Gasteiger partial charge in [-0.2, -0.15) is 0 Å². The maximum absolute atomic E-state index is 12.1. The smallest absolute Gasteiger partial charge is 0.240 e. The molecule has 7 heteroatoms. The molecule has 0 heterocycles. The highest BCUT2D eigenvalue weighted by Crippen LogP contribution is 2.28. The fraction of sp³-hybridized carbons (Fsp3) is 0.571. The maximum atomic E-state index is 12.1. The zero-order valence-electron chi connectivity index (χ0n) is 13.1. The summed E-state index contributed by atoms with van der Waals surface area (Å²) in [5.74, 6) is 0. The van der Waals surface area contributed by atoms with Gasteiger partial charge in [0.15, 0.2) is 0 Å². The van der Waals surface area contributed by atoms with Crippen LogP contribution >= 0.6 is 0 Å². The van der Waals surface area contributed by atoms with Crippen molar-refractivity contribution in [2.24, 2.45) is 0 Å². The van der Waals surface area contributed by atoms with E-state index in [4.69, 9.17) is 10.5 Å². The molecule has 0 amide bonds. The van der Waals surface area contributed by atoms with Crippen molar-refractivity contribution in [2.75, 3.05) is 37.4 Å². The number of nitrogens with zero attached hydrogens (tertiary/aromatic N) is 1. The lowest BCUT2D eigenvalue weighted by molar-refractivity contribution is 0.182. The first-order chi connectivity index (χ1) is 9.87. The fourth-order valence-corrected chi connectivity index (χ4v) is 3.32. The highest BCUT2D eigenvalue weighted by Gasteiger charge is 2.19. The molecule has 1 aromatic carbocycles. The molecule has 0 spiro atoms. The minimum atomic E-state index is -3.49. The molecule has 3 N–H and O–H groups in total. The number of nitrogens with two attached hydrogens (primary N) is 1. The Balaban J connectivity index is 3.23. The highest BCUT2D eigenvalue weighted by atomic mass is 32.2. The monoisotopic (exact) mass is 315 g/mol. The van der Waals surface area contributed by atoms with Crippen molar-refractivity contribution in [2.45, 2.75) is 31.7 Å². The van der Waals surface area contributed by atoms with E-state index < -0.39 is 10.0 Å². The zero-order valence-corrected chi connectivity index (χ0v) is 13.9. The van der Waals surface area contributed by atoms with Gasteiger partial charge in [0.1, 0.15) is 0 Å². The van der Waals surface area contributed by atoms with Crippen LogP contribution in [-0.4, -0.2) is 41.3 Å². The van der Waals surface area contributed by atoms with E-state index in [1.807, 2.05) is 18.7 Å². The Kier molecular flexibility index (Phi) is 6.44. The van der Waals surface area contributed by atoms with Crippen molar-refractivity contribution in [3.63, 3.8) is 0 Å². The van der Waals surface area contributed by atoms with Crippen molar-refractivity contribution in [1.82, 2.24) is 4.72 Å². The predicted molar refractivity (Wildman–Crippen MR) is 86.1 cm³/mol. The zero-order chi connectivity index (χ0) is 16.0. The van der Waals surface area contributed by atoms with E-state index >= 15 is 0 Å². The van der Waals surface area contributed by atoms with Gasteiger partial charge < -0.3 is 15.4 Å². The van der Waals surface area contributed by atoms with E-state index in [0.717, 1.165) is 0 Å². The van der Waals surface area contributed by atoms with Gasteiger partial charge in [0.05, 0.1) is 22.9 Å². The molecule has 0 aliphatic rings. The number of nitrogens with one attached hydrogen (secondary N) is 1. The molecule has 21 heavy (non-hydrogen) atoms. The van der Waals surface area contributed by atoms with Crippen molar-refractivity contribution in [3.05, 3.63) is 18.2 Å². The number of rotatable bonds is 8. The standard InChI is InChI=1S/C14H25N3O3S/c1-5-16-21(18,19)12-7-8-13(15)14(9-12)17(6-2)11(3)10-20-4/h7-9,11,16H,5-6,10,15H2,1-4H3. The van der Waals surface area contributed by atoms with Gasteiger partial charge in [-0.15, -0.1) is 0 Å². The van der Waals surface area contributed by atoms with Gasteiger partial charge in [0, 0.05) is 26.2 Å². The Morgan fingerprint density at radius 1 is 1.38 bits per heavy atom. The van der Waals surface area contributed by atoms with Crippen molar-refractivity contribution < 1.29 is 13.2 Å². The van der Waals surface area contributed by atoms with Crippen molar-refractivity contribution >= 4 is 21.4 Å². The summed E-state index contributed by atoms with van der Waals surface area (Å²) in [6.45, 7) is 7.35. The summed E-state index contributed by atoms with van der Waals surface area (Å²) >= 11 is 0. The number of anilines is 2. The number of nitrogen functional groups attached to an aromatic ring is 1. The van der Waals surface area contributed by atoms with Gasteiger partial charge in [0.25, 0.3) is 0 Å². The van der Waals surface area contributed by atoms with Gasteiger partial charge >= 0.3 is 0 Å². The van der Waals surface area contributed by atoms with E-state index in [2.05, 4.69) is 4.72 Å². The fourth-order valence-electron chi connectivity index (χ4n) is 2.26. The molecule has 0 saturated carbocycles. The quantitative estimate of drug-likeness (QED) is 0.709. The Morgan fingerprint density at radius 3 is 2.57 bits per heavy atom. The molecule has 0 saturated heterocycles. The summed E-state index contributed by atoms with van der Waals surface area (Å²) < 4.78 is 31.9. The largest absolute Gasteiger partial charge is 0.397 e. The number of hydrogen-bond donors (Lipinski definition) is 2. The second kappa shape index (κ2) is 7.63. The first kappa shape index (κ1) is 17.7. The van der Waals surface area contributed by atoms with Crippen LogP contribution in [0, 0.1) is 0 Å². The van der Waals surface area contributed by atoms with Gasteiger partial charge in [-0.1, -0.05) is 6.92 Å². The molecular formula is C14H25N3O3S. The Hall–Kier alpha value is -1.31. The van der Waals surface area contributed by atoms with E-state index in [1.54, 1.807) is 26.2 Å². The minimum Gasteiger partial charge on any atom is -0.397 e. The molecule has 1 unspecified atom stereocenters. The Bertz CT molecular complexity index is 561. The molecule has 0 fully saturated rings. The summed E-state index contributed by atoms with van der Waals surface area (Å²) in [6, 6.07) is 4.86. The molecule has 1 rings (SSSR count). The summed E-state index contributed by atoms with van der Waals surface area (Å²) in [5, 5.41) is 0. The number of likely N-dealkylation sites (N-methyl/N-ethyl adjacent to an activating group) is 1. The average Bonchev–Trinajstić information content (AvgIpc) is 2.41. The average molecular weight is 315 g/mol. The highest BCUT2D eigenvalue weighted by molar-refractivity contribution is 7.89. The third-order valence-corrected chi connectivity index (χ3v) is 4.78. The van der Waals surface area contributed by atoms with Crippen LogP contribution in [0.15, 0.2) is 23.1 Å². The first-order valence-electron chi connectivity index (χ1n) is 7.02. The third kappa shape index (κ3) is 4.33. The van der Waals surface area contributed by atoms with Crippen LogP contribution in [0.1, 0.15) is 20.8 Å². The number of sulfonamides is 1. The van der Waals surface area contributed by atoms with Gasteiger partial charge in [-0.05, 0) is 32.0 Å². The van der Waals surface area contributed by atoms with Gasteiger partial charge in [0.2, 0.25) is 10.0 Å². The van der Waals surface area contributed by atoms with Gasteiger partial charge in [-0.25, -0.2) is 13.1 Å². The van der Waals surface area contributed by atoms with Crippen LogP contribution in [-0.2, 0) is 14.8 Å². The van der Waals surface area contributed by atoms with Crippen molar-refractivity contribution in [3.8, 4) is 0 Å². The molecular weight excluding hydrogens is 290 g/mol. The molecule has 6 nitrogen and oxygen atoms in total. The van der Waals surface area contributed by atoms with E-state index in [9.17, 15) is 8.42 Å². The van der Waals surface area contributed by atoms with Crippen molar-refractivity contribution in [1.29, 1.82) is 0 Å². The van der Waals surface area contributed by atoms with E-state index in [0.29, 0.717) is 31.1 Å². The summed E-state index contributed by atoms with van der Waals surface area (Å²) in [5.41, 5.74) is 7.28. The molecule has 120 valence electrons. The van der Waals surface area contributed by atoms with Gasteiger partial charge in [-0.3, -0.25) is 0 Å². The molecule has 0 aliphatic carbocycles. The number of hydrogen-bond acceptors (Lipinski definition) is 5. The van der Waals surface area contributed by atoms with Crippen LogP contribution < -0.4 is 15.4 Å². The molecule has 0 aromatic heterocycles. The molecule has 1 aromatic rings. The van der Waals surface area contributed by atoms with Crippen LogP contribution in [0.4, 0.5) is 11.4 Å². The van der Waals surface area contributed by atoms with Crippen LogP contribution in [0.3, 0.4) is 0 Å². The first-order valence-corrected chi connectivity index (χ1v) is 8.50. The summed E-state index contributed by atoms with van der Waals surface area (Å²) in [4.78, 5) is 2.25. The Labute approximate surface area is 127 Å². The maximum Gasteiger partial charge on any atom is 0.240 e. The normalized spacial score (nSPS) is 13.1. The second-order valence-corrected chi connectivity index (χ2v) is 6.58. The second-order valence-electron chi connectivity index (χ2n) is 4.81. The minimum absolute atomic E-state index is 0.0967. The number of benzene rings is 1. The van der Waals surface area contributed by atoms with Crippen LogP contribution in [0.25, 0.3) is 0 Å². The van der Waals surface area contributed by atoms with E-state index in [1.165, 1.54) is 6.07 Å². The predicted octanol–water partition coefficient (Wildman–Crippen LogP) is 1.43. The van der Waals surface area contributed by atoms with Crippen LogP contribution in [0.2, 0.25) is 0 Å². The molecule has 0 bridgehead atoms. The lowest BCUT2D eigenvalue weighted by atomic mass is 10.2. The number of ether oxygens (including phenoxy) is 1. The third-order valence-electron chi connectivity index (χ3n) is 3.24. The Morgan fingerprint density at radius 2 is 2.05 bits per heavy atom. The molecule has 1 atom stereocenters. The number of methoxy groups -OCH3 is 1. The topological polar surface area (TPSA) is 84.7 Å². The SMILES string of the molecule is CCNS(=O)(=O)c1ccc(N)c(N(CC)C(C)COC)c1. The molecule has 0 radical (unpaired) electrons. The lowest BCUT2D eigenvalue weighted by Gasteiger charge is -2.31. The summed E-state index contributed by atoms with van der Waals surface area (Å²) in [6.07, 6.45) is 0. The van der Waals surface area contributed by atoms with Crippen LogP contribution in [0.5, 0.6) is 0 Å². The molecule has 0 aliphatic heterocycles. The van der Waals surface area contributed by atoms with E-state index in [-0.39, 0.29) is 10.9 Å². The lowest BCUT2D eigenvalue weighted by Crippen LogP contribution is -2.36. The summed E-state index contributed by atoms with van der Waals surface area (Å²) in [7, 11) is -1.85.